The number of nitrogens with one attached hydrogen (secondary N) is 2. The second-order valence-corrected chi connectivity index (χ2v) is 12.7. The van der Waals surface area contributed by atoms with Crippen LogP contribution in [0.2, 0.25) is 0 Å². The number of rotatable bonds is 10. The average molecular weight is 526 g/mol. The predicted octanol–water partition coefficient (Wildman–Crippen LogP) is 4.46. The van der Waals surface area contributed by atoms with Gasteiger partial charge in [0.15, 0.2) is 0 Å². The first-order valence-corrected chi connectivity index (χ1v) is 13.5. The Morgan fingerprint density at radius 2 is 1.81 bits per heavy atom. The Bertz CT molecular complexity index is 1210. The molecule has 1 atom stereocenters. The summed E-state index contributed by atoms with van der Waals surface area (Å²) in [6.07, 6.45) is 3.43. The van der Waals surface area contributed by atoms with Crippen LogP contribution in [0.25, 0.3) is 0 Å². The van der Waals surface area contributed by atoms with Gasteiger partial charge in [0, 0.05) is 0 Å². The highest BCUT2D eigenvalue weighted by Crippen LogP contribution is 2.45. The molecule has 0 aliphatic carbocycles. The highest BCUT2D eigenvalue weighted by molar-refractivity contribution is 8.32. The van der Waals surface area contributed by atoms with Crippen LogP contribution < -0.4 is 10.6 Å². The van der Waals surface area contributed by atoms with Gasteiger partial charge in [-0.2, -0.15) is 0 Å². The molecule has 0 fully saturated rings. The molecule has 0 aliphatic heterocycles. The van der Waals surface area contributed by atoms with E-state index in [0.717, 1.165) is 11.0 Å². The summed E-state index contributed by atoms with van der Waals surface area (Å²) in [7, 11) is -1.19. The standard InChI is InChI=1S/C24H26F3N3O5S/c1-36(2,3)16-8-9-18(17(25)10-16)28-24(33)22(29-23(32)19-11-21(31)30-35-19)15-6-4-14(5-7-15)12-34-13-20(26)27/h4-11,20,22H,12-13H2,1-3H3,(H,28,33)(H,29,32)(H,30,31). The molecule has 0 spiro atoms. The minimum atomic E-state index is -2.60. The number of hydrogen-bond acceptors (Lipinski definition) is 6. The van der Waals surface area contributed by atoms with E-state index in [1.165, 1.54) is 24.3 Å². The van der Waals surface area contributed by atoms with Gasteiger partial charge in [-0.3, -0.25) is 9.59 Å². The molecule has 0 aliphatic rings. The molecule has 12 heteroatoms. The summed E-state index contributed by atoms with van der Waals surface area (Å²) in [5.41, 5.74) is 0.815. The minimum absolute atomic E-state index is 0.0685. The summed E-state index contributed by atoms with van der Waals surface area (Å²) in [5.74, 6) is -3.08. The van der Waals surface area contributed by atoms with E-state index in [4.69, 9.17) is 9.26 Å². The molecule has 0 radical (unpaired) electrons. The molecule has 2 amide bonds. The number of halogens is 3. The highest BCUT2D eigenvalue weighted by Gasteiger charge is 2.26. The molecule has 1 aromatic heterocycles. The van der Waals surface area contributed by atoms with Crippen LogP contribution in [-0.2, 0) is 16.1 Å². The lowest BCUT2D eigenvalue weighted by atomic mass is 10.0. The summed E-state index contributed by atoms with van der Waals surface area (Å²) in [4.78, 5) is 26.6. The molecule has 0 saturated carbocycles. The van der Waals surface area contributed by atoms with E-state index in [1.54, 1.807) is 18.2 Å². The van der Waals surface area contributed by atoms with Crippen molar-refractivity contribution < 1.29 is 37.1 Å². The molecule has 3 aromatic rings. The Kier molecular flexibility index (Phi) is 8.64. The van der Waals surface area contributed by atoms with Crippen molar-refractivity contribution >= 4 is 27.5 Å². The molecule has 0 bridgehead atoms. The van der Waals surface area contributed by atoms with E-state index >= 15 is 0 Å². The summed E-state index contributed by atoms with van der Waals surface area (Å²) < 4.78 is 49.0. The van der Waals surface area contributed by atoms with Crippen LogP contribution >= 0.6 is 10.0 Å². The molecule has 3 rings (SSSR count). The number of anilines is 1. The number of ether oxygens (including phenoxy) is 1. The fraction of sp³-hybridized carbons (Fsp3) is 0.292. The molecule has 1 heterocycles. The molecule has 1 unspecified atom stereocenters. The molecule has 36 heavy (non-hydrogen) atoms. The van der Waals surface area contributed by atoms with E-state index in [9.17, 15) is 27.9 Å². The van der Waals surface area contributed by atoms with Gasteiger partial charge in [0.1, 0.15) is 18.5 Å². The molecular weight excluding hydrogens is 499 g/mol. The number of alkyl halides is 2. The van der Waals surface area contributed by atoms with Crippen molar-refractivity contribution in [1.82, 2.24) is 10.5 Å². The third kappa shape index (κ3) is 7.25. The molecule has 2 aromatic carbocycles. The van der Waals surface area contributed by atoms with Crippen molar-refractivity contribution in [3.63, 3.8) is 0 Å². The lowest BCUT2D eigenvalue weighted by Crippen LogP contribution is -2.37. The molecular formula is C24H26F3N3O5S. The second kappa shape index (κ2) is 11.5. The van der Waals surface area contributed by atoms with E-state index in [-0.39, 0.29) is 18.1 Å². The number of nitrogens with zero attached hydrogens (tertiary/aromatic N) is 1. The van der Waals surface area contributed by atoms with Gasteiger partial charge >= 0.3 is 0 Å². The topological polar surface area (TPSA) is 114 Å². The predicted molar refractivity (Wildman–Crippen MR) is 129 cm³/mol. The van der Waals surface area contributed by atoms with Gasteiger partial charge in [0.05, 0.1) is 18.4 Å². The Morgan fingerprint density at radius 3 is 2.36 bits per heavy atom. The van der Waals surface area contributed by atoms with Crippen molar-refractivity contribution in [3.05, 3.63) is 71.2 Å². The summed E-state index contributed by atoms with van der Waals surface area (Å²) in [5, 5.41) is 17.5. The lowest BCUT2D eigenvalue weighted by molar-refractivity contribution is -0.118. The number of carbonyl (C=O) groups is 2. The Labute approximate surface area is 207 Å². The third-order valence-corrected chi connectivity index (χ3v) is 6.66. The number of aromatic hydroxyl groups is 1. The first-order valence-electron chi connectivity index (χ1n) is 10.6. The van der Waals surface area contributed by atoms with Crippen molar-refractivity contribution in [2.45, 2.75) is 24.0 Å². The van der Waals surface area contributed by atoms with Gasteiger partial charge in [-0.25, -0.2) is 23.2 Å². The number of amides is 2. The van der Waals surface area contributed by atoms with Gasteiger partial charge in [-0.1, -0.05) is 24.3 Å². The quantitative estimate of drug-likeness (QED) is 0.360. The zero-order valence-corrected chi connectivity index (χ0v) is 20.6. The molecule has 8 nitrogen and oxygen atoms in total. The smallest absolute Gasteiger partial charge is 0.290 e. The van der Waals surface area contributed by atoms with Crippen molar-refractivity contribution in [2.75, 3.05) is 30.7 Å². The maximum absolute atomic E-state index is 14.8. The van der Waals surface area contributed by atoms with Crippen molar-refractivity contribution in [1.29, 1.82) is 0 Å². The maximum Gasteiger partial charge on any atom is 0.290 e. The third-order valence-electron chi connectivity index (χ3n) is 4.99. The number of benzene rings is 2. The average Bonchev–Trinajstić information content (AvgIpc) is 3.24. The zero-order valence-electron chi connectivity index (χ0n) is 19.8. The number of aromatic nitrogens is 1. The van der Waals surface area contributed by atoms with E-state index in [2.05, 4.69) is 15.8 Å². The summed E-state index contributed by atoms with van der Waals surface area (Å²) >= 11 is 0. The summed E-state index contributed by atoms with van der Waals surface area (Å²) in [6, 6.07) is 10.3. The zero-order chi connectivity index (χ0) is 26.5. The summed E-state index contributed by atoms with van der Waals surface area (Å²) in [6.45, 7) is -0.785. The van der Waals surface area contributed by atoms with E-state index in [0.29, 0.717) is 11.1 Å². The van der Waals surface area contributed by atoms with Gasteiger partial charge in [0.2, 0.25) is 5.76 Å². The number of hydrogen-bond donors (Lipinski definition) is 3. The SMILES string of the molecule is CS(C)(C)c1ccc(NC(=O)C(NC(=O)c2cc(O)no2)c2ccc(COCC(F)F)cc2)c(F)c1. The normalized spacial score (nSPS) is 12.9. The van der Waals surface area contributed by atoms with Crippen LogP contribution in [0.4, 0.5) is 18.9 Å². The molecule has 194 valence electrons. The molecule has 0 saturated heterocycles. The van der Waals surface area contributed by atoms with Crippen LogP contribution in [0, 0.1) is 5.82 Å². The first kappa shape index (κ1) is 27.1. The van der Waals surface area contributed by atoms with Gasteiger partial charge < -0.3 is 25.0 Å². The maximum atomic E-state index is 14.8. The second-order valence-electron chi connectivity index (χ2n) is 8.57. The van der Waals surface area contributed by atoms with E-state index in [1.807, 2.05) is 18.8 Å². The van der Waals surface area contributed by atoms with Gasteiger partial charge in [-0.15, -0.1) is 0 Å². The van der Waals surface area contributed by atoms with Crippen LogP contribution in [0.15, 0.2) is 57.9 Å². The van der Waals surface area contributed by atoms with E-state index < -0.39 is 52.6 Å². The van der Waals surface area contributed by atoms with Crippen molar-refractivity contribution in [2.24, 2.45) is 0 Å². The Morgan fingerprint density at radius 1 is 1.11 bits per heavy atom. The largest absolute Gasteiger partial charge is 0.491 e. The monoisotopic (exact) mass is 525 g/mol. The minimum Gasteiger partial charge on any atom is -0.491 e. The lowest BCUT2D eigenvalue weighted by Gasteiger charge is -2.26. The van der Waals surface area contributed by atoms with Crippen LogP contribution in [0.5, 0.6) is 5.88 Å². The Balaban J connectivity index is 1.83. The molecule has 3 N–H and O–H groups in total. The van der Waals surface area contributed by atoms with Crippen molar-refractivity contribution in [3.8, 4) is 5.88 Å². The van der Waals surface area contributed by atoms with Crippen LogP contribution in [-0.4, -0.2) is 53.9 Å². The fourth-order valence-electron chi connectivity index (χ4n) is 3.13. The van der Waals surface area contributed by atoms with Crippen LogP contribution in [0.1, 0.15) is 27.7 Å². The Hall–Kier alpha value is -3.51. The van der Waals surface area contributed by atoms with Crippen LogP contribution in [0.3, 0.4) is 0 Å². The highest BCUT2D eigenvalue weighted by atomic mass is 32.3. The number of carbonyl (C=O) groups excluding carboxylic acids is 2. The van der Waals surface area contributed by atoms with Gasteiger partial charge in [-0.05, 0) is 58.1 Å². The fourth-order valence-corrected chi connectivity index (χ4v) is 4.06. The first-order chi connectivity index (χ1) is 16.9. The van der Waals surface area contributed by atoms with Gasteiger partial charge in [0.25, 0.3) is 24.1 Å².